The second-order valence-electron chi connectivity index (χ2n) is 5.47. The average Bonchev–Trinajstić information content (AvgIpc) is 3.16. The highest BCUT2D eigenvalue weighted by atomic mass is 35.5. The number of nitrogens with one attached hydrogen (secondary N) is 1. The number of hydrogen-bond donors (Lipinski definition) is 1. The van der Waals surface area contributed by atoms with E-state index in [1.807, 2.05) is 37.3 Å². The maximum atomic E-state index is 12.4. The summed E-state index contributed by atoms with van der Waals surface area (Å²) in [7, 11) is 0. The third-order valence-corrected chi connectivity index (χ3v) is 5.04. The maximum absolute atomic E-state index is 12.4. The van der Waals surface area contributed by atoms with Crippen molar-refractivity contribution in [3.8, 4) is 5.69 Å². The first-order valence-corrected chi connectivity index (χ1v) is 8.80. The number of aromatic nitrogens is 3. The molecular weight excluding hydrogens is 356 g/mol. The van der Waals surface area contributed by atoms with Gasteiger partial charge in [0, 0.05) is 10.6 Å². The van der Waals surface area contributed by atoms with Crippen LogP contribution in [0.1, 0.15) is 16.1 Å². The van der Waals surface area contributed by atoms with E-state index in [1.54, 1.807) is 28.9 Å². The van der Waals surface area contributed by atoms with Gasteiger partial charge in [-0.2, -0.15) is 10.1 Å². The number of hydrogen-bond acceptors (Lipinski definition) is 4. The van der Waals surface area contributed by atoms with Crippen LogP contribution in [0.3, 0.4) is 0 Å². The Morgan fingerprint density at radius 3 is 2.56 bits per heavy atom. The quantitative estimate of drug-likeness (QED) is 0.570. The van der Waals surface area contributed by atoms with Gasteiger partial charge >= 0.3 is 0 Å². The number of rotatable bonds is 3. The average molecular weight is 369 g/mol. The van der Waals surface area contributed by atoms with E-state index in [0.29, 0.717) is 15.7 Å². The Hall–Kier alpha value is -2.70. The van der Waals surface area contributed by atoms with E-state index in [4.69, 9.17) is 11.6 Å². The molecule has 0 aliphatic rings. The number of para-hydroxylation sites is 1. The molecule has 124 valence electrons. The number of carbonyl (C=O) groups is 1. The molecule has 0 saturated heterocycles. The molecule has 0 spiro atoms. The fraction of sp³-hybridized carbons (Fsp3) is 0.0556. The molecule has 4 rings (SSSR count). The van der Waals surface area contributed by atoms with Crippen LogP contribution in [0.4, 0.5) is 5.13 Å². The number of thiazole rings is 1. The van der Waals surface area contributed by atoms with Crippen LogP contribution in [0.2, 0.25) is 5.02 Å². The molecule has 0 saturated carbocycles. The molecule has 0 radical (unpaired) electrons. The van der Waals surface area contributed by atoms with Crippen LogP contribution in [-0.4, -0.2) is 20.7 Å². The molecule has 2 aromatic heterocycles. The predicted molar refractivity (Wildman–Crippen MR) is 101 cm³/mol. The van der Waals surface area contributed by atoms with Gasteiger partial charge in [0.1, 0.15) is 0 Å². The minimum Gasteiger partial charge on any atom is -0.298 e. The third kappa shape index (κ3) is 3.01. The van der Waals surface area contributed by atoms with Gasteiger partial charge in [0.15, 0.2) is 10.8 Å². The molecule has 0 atom stereocenters. The molecule has 0 aliphatic heterocycles. The summed E-state index contributed by atoms with van der Waals surface area (Å²) in [5.41, 5.74) is 3.08. The number of aryl methyl sites for hydroxylation is 1. The van der Waals surface area contributed by atoms with Gasteiger partial charge in [-0.15, -0.1) is 0 Å². The Bertz CT molecular complexity index is 1050. The Morgan fingerprint density at radius 1 is 1.12 bits per heavy atom. The number of fused-ring (bicyclic) bond motifs is 1. The molecule has 0 fully saturated rings. The van der Waals surface area contributed by atoms with Crippen molar-refractivity contribution in [2.24, 2.45) is 0 Å². The summed E-state index contributed by atoms with van der Waals surface area (Å²) in [4.78, 5) is 16.9. The zero-order chi connectivity index (χ0) is 17.4. The van der Waals surface area contributed by atoms with Gasteiger partial charge in [-0.1, -0.05) is 41.1 Å². The molecule has 1 amide bonds. The van der Waals surface area contributed by atoms with Crippen LogP contribution in [0, 0.1) is 6.92 Å². The van der Waals surface area contributed by atoms with Gasteiger partial charge in [0.05, 0.1) is 16.1 Å². The minimum atomic E-state index is -0.218. The van der Waals surface area contributed by atoms with E-state index >= 15 is 0 Å². The Balaban J connectivity index is 1.68. The number of carbonyl (C=O) groups excluding carboxylic acids is 1. The van der Waals surface area contributed by atoms with Gasteiger partial charge in [-0.05, 0) is 43.3 Å². The Labute approximate surface area is 152 Å². The number of amides is 1. The van der Waals surface area contributed by atoms with Gasteiger partial charge in [0.25, 0.3) is 5.91 Å². The van der Waals surface area contributed by atoms with Crippen molar-refractivity contribution >= 4 is 44.3 Å². The van der Waals surface area contributed by atoms with Crippen molar-refractivity contribution in [1.29, 1.82) is 0 Å². The predicted octanol–water partition coefficient (Wildman–Crippen LogP) is 4.70. The smallest absolute Gasteiger partial charge is 0.257 e. The maximum Gasteiger partial charge on any atom is 0.257 e. The summed E-state index contributed by atoms with van der Waals surface area (Å²) in [6.45, 7) is 1.94. The monoisotopic (exact) mass is 368 g/mol. The highest BCUT2D eigenvalue weighted by Crippen LogP contribution is 2.30. The van der Waals surface area contributed by atoms with E-state index in [2.05, 4.69) is 15.4 Å². The second kappa shape index (κ2) is 6.31. The first-order valence-electron chi connectivity index (χ1n) is 7.60. The van der Waals surface area contributed by atoms with Crippen molar-refractivity contribution in [3.05, 3.63) is 70.9 Å². The summed E-state index contributed by atoms with van der Waals surface area (Å²) >= 11 is 7.27. The molecule has 2 aromatic carbocycles. The lowest BCUT2D eigenvalue weighted by Gasteiger charge is -2.02. The van der Waals surface area contributed by atoms with Gasteiger partial charge < -0.3 is 0 Å². The lowest BCUT2D eigenvalue weighted by atomic mass is 10.2. The fourth-order valence-corrected chi connectivity index (χ4v) is 3.51. The van der Waals surface area contributed by atoms with Crippen LogP contribution in [-0.2, 0) is 0 Å². The van der Waals surface area contributed by atoms with Gasteiger partial charge in [-0.25, -0.2) is 4.68 Å². The minimum absolute atomic E-state index is 0.218. The number of anilines is 1. The molecular formula is C18H13ClN4OS. The Morgan fingerprint density at radius 2 is 1.84 bits per heavy atom. The molecule has 4 aromatic rings. The lowest BCUT2D eigenvalue weighted by molar-refractivity contribution is 0.102. The standard InChI is InChI=1S/C18H13ClN4OS/c1-11-15-16(23(22-11)14-5-3-2-4-6-14)20-18(25-15)21-17(24)12-7-9-13(19)10-8-12/h2-10H,1H3,(H,20,21,24). The van der Waals surface area contributed by atoms with Crippen molar-refractivity contribution in [2.75, 3.05) is 5.32 Å². The fourth-order valence-electron chi connectivity index (χ4n) is 2.51. The van der Waals surface area contributed by atoms with E-state index in [1.165, 1.54) is 11.3 Å². The van der Waals surface area contributed by atoms with Crippen LogP contribution in [0.25, 0.3) is 16.0 Å². The van der Waals surface area contributed by atoms with Crippen LogP contribution < -0.4 is 5.32 Å². The topological polar surface area (TPSA) is 59.8 Å². The Kier molecular flexibility index (Phi) is 3.99. The zero-order valence-electron chi connectivity index (χ0n) is 13.2. The normalized spacial score (nSPS) is 11.0. The number of halogens is 1. The summed E-state index contributed by atoms with van der Waals surface area (Å²) in [5, 5.41) is 8.52. The van der Waals surface area contributed by atoms with E-state index in [9.17, 15) is 4.79 Å². The summed E-state index contributed by atoms with van der Waals surface area (Å²) in [6, 6.07) is 16.5. The second-order valence-corrected chi connectivity index (χ2v) is 6.90. The van der Waals surface area contributed by atoms with Gasteiger partial charge in [-0.3, -0.25) is 10.1 Å². The molecule has 5 nitrogen and oxygen atoms in total. The van der Waals surface area contributed by atoms with E-state index < -0.39 is 0 Å². The van der Waals surface area contributed by atoms with E-state index in [0.717, 1.165) is 21.7 Å². The molecule has 25 heavy (non-hydrogen) atoms. The number of nitrogens with zero attached hydrogens (tertiary/aromatic N) is 3. The van der Waals surface area contributed by atoms with Crippen molar-refractivity contribution in [3.63, 3.8) is 0 Å². The van der Waals surface area contributed by atoms with Gasteiger partial charge in [0.2, 0.25) is 0 Å². The molecule has 7 heteroatoms. The molecule has 1 N–H and O–H groups in total. The zero-order valence-corrected chi connectivity index (χ0v) is 14.8. The van der Waals surface area contributed by atoms with Crippen molar-refractivity contribution in [1.82, 2.24) is 14.8 Å². The third-order valence-electron chi connectivity index (χ3n) is 3.72. The molecule has 2 heterocycles. The van der Waals surface area contributed by atoms with Crippen molar-refractivity contribution in [2.45, 2.75) is 6.92 Å². The molecule has 0 unspecified atom stereocenters. The van der Waals surface area contributed by atoms with Crippen LogP contribution in [0.5, 0.6) is 0 Å². The molecule has 0 aliphatic carbocycles. The van der Waals surface area contributed by atoms with E-state index in [-0.39, 0.29) is 5.91 Å². The van der Waals surface area contributed by atoms with Crippen LogP contribution in [0.15, 0.2) is 54.6 Å². The highest BCUT2D eigenvalue weighted by Gasteiger charge is 2.16. The summed E-state index contributed by atoms with van der Waals surface area (Å²) < 4.78 is 2.74. The lowest BCUT2D eigenvalue weighted by Crippen LogP contribution is -2.11. The SMILES string of the molecule is Cc1nn(-c2ccccc2)c2nc(NC(=O)c3ccc(Cl)cc3)sc12. The summed E-state index contributed by atoms with van der Waals surface area (Å²) in [5.74, 6) is -0.218. The largest absolute Gasteiger partial charge is 0.298 e. The summed E-state index contributed by atoms with van der Waals surface area (Å²) in [6.07, 6.45) is 0. The first-order chi connectivity index (χ1) is 12.1. The first kappa shape index (κ1) is 15.8. The highest BCUT2D eigenvalue weighted by molar-refractivity contribution is 7.22. The van der Waals surface area contributed by atoms with Crippen LogP contribution >= 0.6 is 22.9 Å². The number of benzene rings is 2. The molecule has 0 bridgehead atoms. The van der Waals surface area contributed by atoms with Crippen molar-refractivity contribution < 1.29 is 4.79 Å².